The van der Waals surface area contributed by atoms with E-state index in [2.05, 4.69) is 62.1 Å². The fraction of sp³-hybridized carbons (Fsp3) is 0.578. The number of amides is 2. The molecule has 6 aliphatic rings. The van der Waals surface area contributed by atoms with Gasteiger partial charge in [-0.2, -0.15) is 5.10 Å². The second-order valence-corrected chi connectivity index (χ2v) is 19.1. The highest BCUT2D eigenvalue weighted by atomic mass is 32.2. The second-order valence-electron chi connectivity index (χ2n) is 18.3. The van der Waals surface area contributed by atoms with Crippen LogP contribution in [0.2, 0.25) is 0 Å². The van der Waals surface area contributed by atoms with Gasteiger partial charge in [-0.05, 0) is 137 Å². The van der Waals surface area contributed by atoms with Crippen LogP contribution in [0, 0.1) is 30.1 Å². The molecular weight excluding hydrogens is 733 g/mol. The first-order valence-corrected chi connectivity index (χ1v) is 22.6. The van der Waals surface area contributed by atoms with Crippen LogP contribution in [-0.2, 0) is 11.3 Å². The van der Waals surface area contributed by atoms with Crippen molar-refractivity contribution in [1.82, 2.24) is 34.9 Å². The highest BCUT2D eigenvalue weighted by molar-refractivity contribution is 7.98. The number of thioether (sulfide) groups is 1. The number of piperidine rings is 1. The average molecular weight is 791 g/mol. The summed E-state index contributed by atoms with van der Waals surface area (Å²) in [6.07, 6.45) is 16.8. The van der Waals surface area contributed by atoms with Gasteiger partial charge < -0.3 is 20.1 Å². The Hall–Kier alpha value is -4.16. The number of benzene rings is 1. The lowest BCUT2D eigenvalue weighted by Crippen LogP contribution is -2.54. The maximum Gasteiger partial charge on any atom is 0.254 e. The Morgan fingerprint density at radius 3 is 2.26 bits per heavy atom. The number of fused-ring (bicyclic) bond motifs is 1. The molecule has 0 radical (unpaired) electrons. The van der Waals surface area contributed by atoms with Crippen molar-refractivity contribution in [2.75, 3.05) is 50.4 Å². The fourth-order valence-electron chi connectivity index (χ4n) is 11.7. The van der Waals surface area contributed by atoms with Crippen LogP contribution in [0.25, 0.3) is 22.0 Å². The number of aromatic amines is 1. The van der Waals surface area contributed by atoms with Gasteiger partial charge in [-0.3, -0.25) is 24.0 Å². The summed E-state index contributed by atoms with van der Waals surface area (Å²) in [7, 11) is 0. The van der Waals surface area contributed by atoms with E-state index < -0.39 is 0 Å². The van der Waals surface area contributed by atoms with E-state index in [-0.39, 0.29) is 24.1 Å². The SMILES string of the molecule is CSc1cc(C)[nH]c(=O)c1CNC(=O)c1cc(-c2ccc(N3CCN(C4CCN(C(=O)CC56CC7CC(CC(C7)C5)C6)CC4)CC3)nc2)cc2c1cnn2C(C)C. The number of rotatable bonds is 10. The van der Waals surface area contributed by atoms with Crippen LogP contribution in [0.4, 0.5) is 5.82 Å². The van der Waals surface area contributed by atoms with E-state index in [0.29, 0.717) is 28.5 Å². The molecule has 5 heterocycles. The number of nitrogens with one attached hydrogen (secondary N) is 2. The molecule has 57 heavy (non-hydrogen) atoms. The van der Waals surface area contributed by atoms with Crippen LogP contribution in [0.1, 0.15) is 99.3 Å². The zero-order valence-corrected chi connectivity index (χ0v) is 34.9. The van der Waals surface area contributed by atoms with Crippen LogP contribution >= 0.6 is 11.8 Å². The Labute approximate surface area is 340 Å². The zero-order valence-electron chi connectivity index (χ0n) is 34.1. The number of pyridine rings is 2. The van der Waals surface area contributed by atoms with Gasteiger partial charge in [0.25, 0.3) is 11.5 Å². The van der Waals surface area contributed by atoms with Gasteiger partial charge in [-0.15, -0.1) is 11.8 Å². The first-order valence-electron chi connectivity index (χ1n) is 21.3. The third-order valence-corrected chi connectivity index (χ3v) is 14.9. The van der Waals surface area contributed by atoms with Crippen LogP contribution in [0.5, 0.6) is 0 Å². The topological polar surface area (TPSA) is 119 Å². The van der Waals surface area contributed by atoms with Crippen molar-refractivity contribution >= 4 is 40.3 Å². The average Bonchev–Trinajstić information content (AvgIpc) is 3.64. The summed E-state index contributed by atoms with van der Waals surface area (Å²) in [5.74, 6) is 3.82. The highest BCUT2D eigenvalue weighted by Gasteiger charge is 2.52. The number of piperazine rings is 1. The van der Waals surface area contributed by atoms with Crippen LogP contribution < -0.4 is 15.8 Å². The predicted molar refractivity (Wildman–Crippen MR) is 227 cm³/mol. The van der Waals surface area contributed by atoms with Crippen molar-refractivity contribution in [3.63, 3.8) is 0 Å². The lowest BCUT2D eigenvalue weighted by Gasteiger charge is -2.57. The molecule has 6 fully saturated rings. The third kappa shape index (κ3) is 7.64. The molecule has 11 nitrogen and oxygen atoms in total. The number of anilines is 1. The van der Waals surface area contributed by atoms with E-state index in [1.165, 1.54) is 50.3 Å². The smallest absolute Gasteiger partial charge is 0.254 e. The van der Waals surface area contributed by atoms with Crippen molar-refractivity contribution in [2.45, 2.75) is 102 Å². The first-order chi connectivity index (χ1) is 27.5. The molecule has 3 aromatic heterocycles. The number of carbonyl (C=O) groups is 2. The molecule has 1 aromatic carbocycles. The van der Waals surface area contributed by atoms with Gasteiger partial charge in [0.1, 0.15) is 5.82 Å². The minimum absolute atomic E-state index is 0.106. The zero-order chi connectivity index (χ0) is 39.4. The summed E-state index contributed by atoms with van der Waals surface area (Å²) in [5.41, 5.74) is 4.68. The van der Waals surface area contributed by atoms with Gasteiger partial charge >= 0.3 is 0 Å². The van der Waals surface area contributed by atoms with E-state index in [4.69, 9.17) is 4.98 Å². The normalized spacial score (nSPS) is 25.2. The van der Waals surface area contributed by atoms with E-state index >= 15 is 0 Å². The molecular formula is C45H58N8O3S. The van der Waals surface area contributed by atoms with Gasteiger partial charge in [-0.25, -0.2) is 4.98 Å². The number of nitrogens with zero attached hydrogens (tertiary/aromatic N) is 6. The van der Waals surface area contributed by atoms with Gasteiger partial charge in [-0.1, -0.05) is 0 Å². The van der Waals surface area contributed by atoms with Crippen molar-refractivity contribution in [2.24, 2.45) is 23.2 Å². The van der Waals surface area contributed by atoms with Gasteiger partial charge in [0.2, 0.25) is 5.91 Å². The predicted octanol–water partition coefficient (Wildman–Crippen LogP) is 7.05. The standard InChI is InChI=1S/C45H58N8O3S/c1-28(2)53-39-20-34(19-36(37(39)27-48-53)43(55)47-26-38-40(57-4)15-29(3)49-44(38)56)33-5-6-41(46-25-33)51-13-11-50(12-14-51)35-7-9-52(10-8-35)42(54)24-45-21-30-16-31(22-45)18-32(17-30)23-45/h5-6,15,19-20,25,27-28,30-32,35H,7-14,16-18,21-24,26H2,1-4H3,(H,47,55)(H,49,56). The number of hydrogen-bond acceptors (Lipinski definition) is 8. The summed E-state index contributed by atoms with van der Waals surface area (Å²) in [6.45, 7) is 11.8. The third-order valence-electron chi connectivity index (χ3n) is 14.1. The Morgan fingerprint density at radius 1 is 0.930 bits per heavy atom. The van der Waals surface area contributed by atoms with Crippen LogP contribution in [0.3, 0.4) is 0 Å². The number of likely N-dealkylation sites (tertiary alicyclic amines) is 1. The Morgan fingerprint density at radius 2 is 1.63 bits per heavy atom. The monoisotopic (exact) mass is 790 g/mol. The van der Waals surface area contributed by atoms with Gasteiger partial charge in [0.15, 0.2) is 0 Å². The van der Waals surface area contributed by atoms with Crippen molar-refractivity contribution in [3.05, 3.63) is 69.9 Å². The summed E-state index contributed by atoms with van der Waals surface area (Å²) < 4.78 is 1.94. The van der Waals surface area contributed by atoms with E-state index in [0.717, 1.165) is 115 Å². The minimum atomic E-state index is -0.255. The molecule has 0 spiro atoms. The fourth-order valence-corrected chi connectivity index (χ4v) is 12.4. The summed E-state index contributed by atoms with van der Waals surface area (Å²) in [4.78, 5) is 56.1. The van der Waals surface area contributed by atoms with E-state index in [9.17, 15) is 14.4 Å². The van der Waals surface area contributed by atoms with Crippen LogP contribution in [0.15, 0.2) is 52.4 Å². The molecule has 12 heteroatoms. The number of H-pyrrole nitrogens is 1. The maximum atomic E-state index is 13.8. The summed E-state index contributed by atoms with van der Waals surface area (Å²) in [6, 6.07) is 10.8. The lowest BCUT2D eigenvalue weighted by molar-refractivity contribution is -0.141. The van der Waals surface area contributed by atoms with Gasteiger partial charge in [0, 0.05) is 97.6 Å². The number of aromatic nitrogens is 4. The van der Waals surface area contributed by atoms with Crippen molar-refractivity contribution < 1.29 is 9.59 Å². The quantitative estimate of drug-likeness (QED) is 0.164. The van der Waals surface area contributed by atoms with E-state index in [1.807, 2.05) is 36.2 Å². The lowest BCUT2D eigenvalue weighted by atomic mass is 9.49. The number of hydrogen-bond donors (Lipinski definition) is 2. The molecule has 2 N–H and O–H groups in total. The highest BCUT2D eigenvalue weighted by Crippen LogP contribution is 2.61. The molecule has 10 rings (SSSR count). The Balaban J connectivity index is 0.823. The summed E-state index contributed by atoms with van der Waals surface area (Å²) in [5, 5.41) is 8.42. The molecule has 2 saturated heterocycles. The summed E-state index contributed by atoms with van der Waals surface area (Å²) >= 11 is 1.50. The molecule has 0 unspecified atom stereocenters. The van der Waals surface area contributed by atoms with Crippen molar-refractivity contribution in [1.29, 1.82) is 0 Å². The number of aryl methyl sites for hydroxylation is 1. The largest absolute Gasteiger partial charge is 0.354 e. The first kappa shape index (κ1) is 38.4. The molecule has 2 amide bonds. The van der Waals surface area contributed by atoms with Crippen molar-refractivity contribution in [3.8, 4) is 11.1 Å². The maximum absolute atomic E-state index is 13.8. The number of carbonyl (C=O) groups excluding carboxylic acids is 2. The molecule has 302 valence electrons. The van der Waals surface area contributed by atoms with E-state index in [1.54, 1.807) is 6.20 Å². The molecule has 4 saturated carbocycles. The molecule has 4 bridgehead atoms. The second kappa shape index (κ2) is 15.5. The molecule has 4 aliphatic carbocycles. The van der Waals surface area contributed by atoms with Crippen LogP contribution in [-0.4, -0.2) is 92.9 Å². The Bertz CT molecular complexity index is 2160. The molecule has 0 atom stereocenters. The van der Waals surface area contributed by atoms with Gasteiger partial charge in [0.05, 0.1) is 17.3 Å². The Kier molecular flexibility index (Phi) is 10.5. The molecule has 2 aliphatic heterocycles. The molecule has 4 aromatic rings. The minimum Gasteiger partial charge on any atom is -0.354 e.